The molecule has 0 unspecified atom stereocenters. The molecular weight excluding hydrogens is 340 g/mol. The molecule has 1 aliphatic heterocycles. The monoisotopic (exact) mass is 366 g/mol. The number of nitrogens with zero attached hydrogens (tertiary/aromatic N) is 1. The van der Waals surface area contributed by atoms with E-state index in [2.05, 4.69) is 15.5 Å². The van der Waals surface area contributed by atoms with Crippen molar-refractivity contribution in [1.82, 2.24) is 5.32 Å². The standard InChI is InChI=1S/C17H26N4O5/c18-16(22)11-25-8-6-24-7-9-26-12-17(23)20-14-2-1-3-15(10-14)21-5-4-19-13-21/h1-3,10,19H,4-9,11-13H2,(H2,18,22)(H,20,23). The Hall–Kier alpha value is -2.20. The molecule has 0 aliphatic carbocycles. The summed E-state index contributed by atoms with van der Waals surface area (Å²) in [5.41, 5.74) is 6.74. The average molecular weight is 366 g/mol. The SMILES string of the molecule is NC(=O)COCCOCCOCC(=O)Nc1cccc(N2CCNC2)c1. The third-order valence-corrected chi connectivity index (χ3v) is 3.58. The van der Waals surface area contributed by atoms with Crippen LogP contribution in [0.3, 0.4) is 0 Å². The van der Waals surface area contributed by atoms with Crippen molar-refractivity contribution in [2.45, 2.75) is 0 Å². The number of primary amides is 1. The van der Waals surface area contributed by atoms with Gasteiger partial charge in [0.05, 0.1) is 33.1 Å². The molecule has 0 saturated carbocycles. The van der Waals surface area contributed by atoms with Gasteiger partial charge in [-0.1, -0.05) is 6.07 Å². The minimum atomic E-state index is -0.512. The van der Waals surface area contributed by atoms with Gasteiger partial charge in [0.2, 0.25) is 11.8 Å². The largest absolute Gasteiger partial charge is 0.377 e. The Bertz CT molecular complexity index is 578. The fraction of sp³-hybridized carbons (Fsp3) is 0.529. The molecule has 1 saturated heterocycles. The van der Waals surface area contributed by atoms with Crippen molar-refractivity contribution >= 4 is 23.2 Å². The Kier molecular flexibility index (Phi) is 8.84. The molecule has 0 spiro atoms. The molecule has 1 aliphatic rings. The number of anilines is 2. The van der Waals surface area contributed by atoms with Crippen LogP contribution < -0.4 is 21.3 Å². The number of nitrogens with two attached hydrogens (primary N) is 1. The van der Waals surface area contributed by atoms with E-state index in [-0.39, 0.29) is 25.7 Å². The Labute approximate surface area is 152 Å². The van der Waals surface area contributed by atoms with E-state index in [4.69, 9.17) is 19.9 Å². The summed E-state index contributed by atoms with van der Waals surface area (Å²) >= 11 is 0. The number of hydrogen-bond acceptors (Lipinski definition) is 7. The van der Waals surface area contributed by atoms with Gasteiger partial charge in [-0.2, -0.15) is 0 Å². The Morgan fingerprint density at radius 1 is 1.12 bits per heavy atom. The number of hydrogen-bond donors (Lipinski definition) is 3. The van der Waals surface area contributed by atoms with Crippen LogP contribution in [0.15, 0.2) is 24.3 Å². The topological polar surface area (TPSA) is 115 Å². The number of nitrogens with one attached hydrogen (secondary N) is 2. The fourth-order valence-electron chi connectivity index (χ4n) is 2.38. The van der Waals surface area contributed by atoms with Crippen molar-refractivity contribution in [2.75, 3.05) is 69.6 Å². The number of rotatable bonds is 12. The molecule has 2 rings (SSSR count). The number of carbonyl (C=O) groups is 2. The molecule has 0 atom stereocenters. The van der Waals surface area contributed by atoms with E-state index in [1.165, 1.54) is 0 Å². The Morgan fingerprint density at radius 3 is 2.54 bits per heavy atom. The smallest absolute Gasteiger partial charge is 0.250 e. The van der Waals surface area contributed by atoms with Crippen LogP contribution in [0.4, 0.5) is 11.4 Å². The van der Waals surface area contributed by atoms with E-state index < -0.39 is 5.91 Å². The molecule has 1 fully saturated rings. The van der Waals surface area contributed by atoms with Crippen LogP contribution in [-0.2, 0) is 23.8 Å². The average Bonchev–Trinajstić information content (AvgIpc) is 3.15. The lowest BCUT2D eigenvalue weighted by atomic mass is 10.2. The van der Waals surface area contributed by atoms with Crippen LogP contribution in [0.25, 0.3) is 0 Å². The van der Waals surface area contributed by atoms with Crippen molar-refractivity contribution in [1.29, 1.82) is 0 Å². The zero-order chi connectivity index (χ0) is 18.6. The first kappa shape index (κ1) is 20.1. The van der Waals surface area contributed by atoms with Crippen LogP contribution in [0, 0.1) is 0 Å². The number of amides is 2. The normalized spacial score (nSPS) is 13.8. The molecule has 0 bridgehead atoms. The summed E-state index contributed by atoms with van der Waals surface area (Å²) in [5.74, 6) is -0.728. The van der Waals surface area contributed by atoms with Gasteiger partial charge in [-0.15, -0.1) is 0 Å². The van der Waals surface area contributed by atoms with E-state index >= 15 is 0 Å². The van der Waals surface area contributed by atoms with Crippen molar-refractivity contribution in [2.24, 2.45) is 5.73 Å². The van der Waals surface area contributed by atoms with E-state index in [9.17, 15) is 9.59 Å². The van der Waals surface area contributed by atoms with Crippen LogP contribution in [0.5, 0.6) is 0 Å². The van der Waals surface area contributed by atoms with Gasteiger partial charge in [-0.05, 0) is 18.2 Å². The van der Waals surface area contributed by atoms with Gasteiger partial charge in [0.1, 0.15) is 13.2 Å². The van der Waals surface area contributed by atoms with Gasteiger partial charge >= 0.3 is 0 Å². The summed E-state index contributed by atoms with van der Waals surface area (Å²) < 4.78 is 15.5. The summed E-state index contributed by atoms with van der Waals surface area (Å²) in [6.45, 7) is 3.82. The maximum atomic E-state index is 11.9. The minimum Gasteiger partial charge on any atom is -0.377 e. The molecule has 0 aromatic heterocycles. The van der Waals surface area contributed by atoms with Gasteiger partial charge in [-0.3, -0.25) is 14.9 Å². The molecular formula is C17H26N4O5. The predicted octanol–water partition coefficient (Wildman–Crippen LogP) is -0.473. The highest BCUT2D eigenvalue weighted by molar-refractivity contribution is 5.92. The molecule has 9 heteroatoms. The fourth-order valence-corrected chi connectivity index (χ4v) is 2.38. The van der Waals surface area contributed by atoms with E-state index in [0.29, 0.717) is 19.8 Å². The van der Waals surface area contributed by atoms with Crippen molar-refractivity contribution in [3.63, 3.8) is 0 Å². The number of benzene rings is 1. The van der Waals surface area contributed by atoms with Crippen molar-refractivity contribution in [3.8, 4) is 0 Å². The van der Waals surface area contributed by atoms with E-state index in [0.717, 1.165) is 31.1 Å². The van der Waals surface area contributed by atoms with Crippen LogP contribution >= 0.6 is 0 Å². The molecule has 144 valence electrons. The molecule has 4 N–H and O–H groups in total. The van der Waals surface area contributed by atoms with Crippen LogP contribution in [0.1, 0.15) is 0 Å². The first-order chi connectivity index (χ1) is 12.6. The minimum absolute atomic E-state index is 0.0446. The zero-order valence-electron chi connectivity index (χ0n) is 14.7. The summed E-state index contributed by atoms with van der Waals surface area (Å²) in [6.07, 6.45) is 0. The number of ether oxygens (including phenoxy) is 3. The summed E-state index contributed by atoms with van der Waals surface area (Å²) in [4.78, 5) is 24.6. The molecule has 1 aromatic carbocycles. The highest BCUT2D eigenvalue weighted by Gasteiger charge is 2.12. The lowest BCUT2D eigenvalue weighted by Gasteiger charge is -2.17. The lowest BCUT2D eigenvalue weighted by molar-refractivity contribution is -0.123. The molecule has 1 aromatic rings. The summed E-state index contributed by atoms with van der Waals surface area (Å²) in [6, 6.07) is 7.72. The van der Waals surface area contributed by atoms with Crippen molar-refractivity contribution in [3.05, 3.63) is 24.3 Å². The number of carbonyl (C=O) groups excluding carboxylic acids is 2. The van der Waals surface area contributed by atoms with E-state index in [1.807, 2.05) is 24.3 Å². The maximum absolute atomic E-state index is 11.9. The summed E-state index contributed by atoms with van der Waals surface area (Å²) in [5, 5.41) is 6.09. The molecule has 2 amide bonds. The molecule has 1 heterocycles. The predicted molar refractivity (Wildman–Crippen MR) is 96.9 cm³/mol. The third-order valence-electron chi connectivity index (χ3n) is 3.58. The lowest BCUT2D eigenvalue weighted by Crippen LogP contribution is -2.22. The second-order valence-electron chi connectivity index (χ2n) is 5.70. The second kappa shape index (κ2) is 11.4. The highest BCUT2D eigenvalue weighted by atomic mass is 16.5. The first-order valence-corrected chi connectivity index (χ1v) is 8.52. The molecule has 9 nitrogen and oxygen atoms in total. The Balaban J connectivity index is 1.55. The van der Waals surface area contributed by atoms with Gasteiger partial charge in [0, 0.05) is 24.5 Å². The zero-order valence-corrected chi connectivity index (χ0v) is 14.7. The van der Waals surface area contributed by atoms with E-state index in [1.54, 1.807) is 0 Å². The van der Waals surface area contributed by atoms with Crippen LogP contribution in [-0.4, -0.2) is 71.2 Å². The van der Waals surface area contributed by atoms with Gasteiger partial charge < -0.3 is 30.2 Å². The van der Waals surface area contributed by atoms with Gasteiger partial charge in [-0.25, -0.2) is 0 Å². The molecule has 26 heavy (non-hydrogen) atoms. The second-order valence-corrected chi connectivity index (χ2v) is 5.70. The Morgan fingerprint density at radius 2 is 1.85 bits per heavy atom. The molecule has 0 radical (unpaired) electrons. The summed E-state index contributed by atoms with van der Waals surface area (Å²) in [7, 11) is 0. The van der Waals surface area contributed by atoms with Gasteiger partial charge in [0.25, 0.3) is 0 Å². The maximum Gasteiger partial charge on any atom is 0.250 e. The third kappa shape index (κ3) is 7.79. The quantitative estimate of drug-likeness (QED) is 0.428. The van der Waals surface area contributed by atoms with Crippen molar-refractivity contribution < 1.29 is 23.8 Å². The highest BCUT2D eigenvalue weighted by Crippen LogP contribution is 2.19. The van der Waals surface area contributed by atoms with Gasteiger partial charge in [0.15, 0.2) is 0 Å². The van der Waals surface area contributed by atoms with Crippen LogP contribution in [0.2, 0.25) is 0 Å². The first-order valence-electron chi connectivity index (χ1n) is 8.52.